The molecule has 7 heteroatoms. The molecule has 0 aliphatic heterocycles. The highest BCUT2D eigenvalue weighted by atomic mass is 35.5. The van der Waals surface area contributed by atoms with E-state index in [4.69, 9.17) is 16.7 Å². The van der Waals surface area contributed by atoms with Gasteiger partial charge in [-0.05, 0) is 19.9 Å². The summed E-state index contributed by atoms with van der Waals surface area (Å²) in [7, 11) is 0. The molecule has 0 heterocycles. The first-order valence-corrected chi connectivity index (χ1v) is 6.58. The largest absolute Gasteiger partial charge is 0.481 e. The van der Waals surface area contributed by atoms with Crippen molar-refractivity contribution in [1.82, 2.24) is 4.90 Å². The van der Waals surface area contributed by atoms with Crippen molar-refractivity contribution < 1.29 is 14.8 Å². The van der Waals surface area contributed by atoms with Gasteiger partial charge in [-0.1, -0.05) is 17.7 Å². The summed E-state index contributed by atoms with van der Waals surface area (Å²) in [5, 5.41) is 20.1. The van der Waals surface area contributed by atoms with E-state index in [1.807, 2.05) is 18.7 Å². The molecule has 0 aliphatic carbocycles. The van der Waals surface area contributed by atoms with Crippen molar-refractivity contribution in [2.45, 2.75) is 32.9 Å². The lowest BCUT2D eigenvalue weighted by Gasteiger charge is -2.26. The number of hydrogen-bond acceptors (Lipinski definition) is 4. The molecule has 0 atom stereocenters. The SMILES string of the molecule is CC(C)N(CCC(=O)O)Cc1c(Cl)cccc1[N+](=O)[O-]. The predicted octanol–water partition coefficient (Wildman–Crippen LogP) is 2.93. The molecule has 1 aromatic carbocycles. The number of nitrogens with zero attached hydrogens (tertiary/aromatic N) is 2. The van der Waals surface area contributed by atoms with E-state index >= 15 is 0 Å². The molecule has 1 N–H and O–H groups in total. The van der Waals surface area contributed by atoms with Crippen molar-refractivity contribution in [2.24, 2.45) is 0 Å². The van der Waals surface area contributed by atoms with E-state index in [0.717, 1.165) is 0 Å². The zero-order valence-electron chi connectivity index (χ0n) is 11.4. The fourth-order valence-corrected chi connectivity index (χ4v) is 2.07. The minimum Gasteiger partial charge on any atom is -0.481 e. The van der Waals surface area contributed by atoms with Crippen LogP contribution in [0, 0.1) is 10.1 Å². The average Bonchev–Trinajstić information content (AvgIpc) is 2.34. The first-order valence-electron chi connectivity index (χ1n) is 6.20. The summed E-state index contributed by atoms with van der Waals surface area (Å²) in [6.45, 7) is 4.38. The zero-order valence-corrected chi connectivity index (χ0v) is 12.1. The zero-order chi connectivity index (χ0) is 15.3. The summed E-state index contributed by atoms with van der Waals surface area (Å²) >= 11 is 6.04. The number of carboxylic acids is 1. The van der Waals surface area contributed by atoms with E-state index in [-0.39, 0.29) is 24.7 Å². The summed E-state index contributed by atoms with van der Waals surface area (Å²) in [6, 6.07) is 4.59. The lowest BCUT2D eigenvalue weighted by Crippen LogP contribution is -2.32. The first kappa shape index (κ1) is 16.4. The number of aliphatic carboxylic acids is 1. The first-order chi connectivity index (χ1) is 9.32. The van der Waals surface area contributed by atoms with Crippen LogP contribution < -0.4 is 0 Å². The summed E-state index contributed by atoms with van der Waals surface area (Å²) in [5.41, 5.74) is 0.372. The third-order valence-electron chi connectivity index (χ3n) is 3.00. The molecule has 0 fully saturated rings. The van der Waals surface area contributed by atoms with Crippen LogP contribution in [0.1, 0.15) is 25.8 Å². The molecule has 0 saturated carbocycles. The number of carboxylic acid groups (broad SMARTS) is 1. The third kappa shape index (κ3) is 4.47. The van der Waals surface area contributed by atoms with Gasteiger partial charge in [0, 0.05) is 25.2 Å². The van der Waals surface area contributed by atoms with E-state index in [1.165, 1.54) is 12.1 Å². The molecule has 0 amide bonds. The minimum absolute atomic E-state index is 0.0174. The highest BCUT2D eigenvalue weighted by Gasteiger charge is 2.21. The lowest BCUT2D eigenvalue weighted by molar-refractivity contribution is -0.385. The molecule has 0 unspecified atom stereocenters. The van der Waals surface area contributed by atoms with Gasteiger partial charge in [0.1, 0.15) is 0 Å². The van der Waals surface area contributed by atoms with Gasteiger partial charge in [-0.2, -0.15) is 0 Å². The van der Waals surface area contributed by atoms with Crippen LogP contribution in [0.25, 0.3) is 0 Å². The normalized spacial score (nSPS) is 11.1. The molecular formula is C13H17ClN2O4. The molecule has 0 spiro atoms. The standard InChI is InChI=1S/C13H17ClN2O4/c1-9(2)15(7-6-13(17)18)8-10-11(14)4-3-5-12(10)16(19)20/h3-5,9H,6-8H2,1-2H3,(H,17,18). The Kier molecular flexibility index (Phi) is 5.91. The molecule has 0 aliphatic rings. The van der Waals surface area contributed by atoms with Gasteiger partial charge in [0.2, 0.25) is 0 Å². The third-order valence-corrected chi connectivity index (χ3v) is 3.35. The Balaban J connectivity index is 2.98. The summed E-state index contributed by atoms with van der Waals surface area (Å²) in [5.74, 6) is -0.899. The maximum atomic E-state index is 11.0. The monoisotopic (exact) mass is 300 g/mol. The Morgan fingerprint density at radius 3 is 2.65 bits per heavy atom. The maximum Gasteiger partial charge on any atom is 0.304 e. The second-order valence-electron chi connectivity index (χ2n) is 4.70. The molecule has 1 rings (SSSR count). The fourth-order valence-electron chi connectivity index (χ4n) is 1.84. The Morgan fingerprint density at radius 2 is 2.15 bits per heavy atom. The molecule has 0 saturated heterocycles. The van der Waals surface area contributed by atoms with Gasteiger partial charge in [-0.3, -0.25) is 19.8 Å². The van der Waals surface area contributed by atoms with E-state index in [1.54, 1.807) is 6.07 Å². The van der Waals surface area contributed by atoms with Crippen LogP contribution in [0.3, 0.4) is 0 Å². The number of hydrogen-bond donors (Lipinski definition) is 1. The number of halogens is 1. The molecule has 1 aromatic rings. The van der Waals surface area contributed by atoms with Crippen molar-refractivity contribution >= 4 is 23.3 Å². The van der Waals surface area contributed by atoms with Gasteiger partial charge >= 0.3 is 5.97 Å². The maximum absolute atomic E-state index is 11.0. The number of nitro benzene ring substituents is 1. The van der Waals surface area contributed by atoms with Gasteiger partial charge < -0.3 is 5.11 Å². The number of nitro groups is 1. The topological polar surface area (TPSA) is 83.7 Å². The van der Waals surface area contributed by atoms with Crippen molar-refractivity contribution in [3.63, 3.8) is 0 Å². The van der Waals surface area contributed by atoms with Gasteiger partial charge in [-0.15, -0.1) is 0 Å². The fraction of sp³-hybridized carbons (Fsp3) is 0.462. The summed E-state index contributed by atoms with van der Waals surface area (Å²) in [4.78, 5) is 23.1. The van der Waals surface area contributed by atoms with Crippen LogP contribution >= 0.6 is 11.6 Å². The second-order valence-corrected chi connectivity index (χ2v) is 5.11. The van der Waals surface area contributed by atoms with Crippen LogP contribution in [0.4, 0.5) is 5.69 Å². The van der Waals surface area contributed by atoms with Crippen molar-refractivity contribution in [1.29, 1.82) is 0 Å². The quantitative estimate of drug-likeness (QED) is 0.618. The average molecular weight is 301 g/mol. The van der Waals surface area contributed by atoms with Gasteiger partial charge in [0.05, 0.1) is 21.9 Å². The van der Waals surface area contributed by atoms with Crippen LogP contribution in [-0.4, -0.2) is 33.5 Å². The molecule has 110 valence electrons. The Bertz CT molecular complexity index is 505. The summed E-state index contributed by atoms with van der Waals surface area (Å²) < 4.78 is 0. The minimum atomic E-state index is -0.899. The Hall–Kier alpha value is -1.66. The van der Waals surface area contributed by atoms with Gasteiger partial charge in [0.25, 0.3) is 5.69 Å². The van der Waals surface area contributed by atoms with Crippen LogP contribution in [0.5, 0.6) is 0 Å². The molecule has 20 heavy (non-hydrogen) atoms. The van der Waals surface area contributed by atoms with Gasteiger partial charge in [0.15, 0.2) is 0 Å². The van der Waals surface area contributed by atoms with E-state index in [9.17, 15) is 14.9 Å². The van der Waals surface area contributed by atoms with Crippen LogP contribution in [0.2, 0.25) is 5.02 Å². The number of carbonyl (C=O) groups is 1. The molecule has 0 bridgehead atoms. The summed E-state index contributed by atoms with van der Waals surface area (Å²) in [6.07, 6.45) is -0.0174. The molecule has 6 nitrogen and oxygen atoms in total. The van der Waals surface area contributed by atoms with E-state index in [0.29, 0.717) is 17.1 Å². The second kappa shape index (κ2) is 7.21. The Labute approximate surface area is 122 Å². The Morgan fingerprint density at radius 1 is 1.50 bits per heavy atom. The molecule has 0 aromatic heterocycles. The van der Waals surface area contributed by atoms with Gasteiger partial charge in [-0.25, -0.2) is 0 Å². The van der Waals surface area contributed by atoms with Crippen molar-refractivity contribution in [3.8, 4) is 0 Å². The molecule has 0 radical (unpaired) electrons. The number of rotatable bonds is 7. The molecular weight excluding hydrogens is 284 g/mol. The van der Waals surface area contributed by atoms with Crippen LogP contribution in [0.15, 0.2) is 18.2 Å². The lowest BCUT2D eigenvalue weighted by atomic mass is 10.1. The highest BCUT2D eigenvalue weighted by Crippen LogP contribution is 2.28. The predicted molar refractivity (Wildman–Crippen MR) is 75.9 cm³/mol. The van der Waals surface area contributed by atoms with Crippen molar-refractivity contribution in [3.05, 3.63) is 38.9 Å². The smallest absolute Gasteiger partial charge is 0.304 e. The van der Waals surface area contributed by atoms with Crippen LogP contribution in [-0.2, 0) is 11.3 Å². The van der Waals surface area contributed by atoms with E-state index < -0.39 is 10.9 Å². The van der Waals surface area contributed by atoms with E-state index in [2.05, 4.69) is 0 Å². The number of benzene rings is 1. The highest BCUT2D eigenvalue weighted by molar-refractivity contribution is 6.31. The van der Waals surface area contributed by atoms with Crippen molar-refractivity contribution in [2.75, 3.05) is 6.54 Å².